The summed E-state index contributed by atoms with van der Waals surface area (Å²) in [7, 11) is 0. The van der Waals surface area contributed by atoms with Crippen molar-refractivity contribution < 1.29 is 0 Å². The van der Waals surface area contributed by atoms with Crippen LogP contribution in [0.15, 0.2) is 36.5 Å². The summed E-state index contributed by atoms with van der Waals surface area (Å²) >= 11 is 0. The van der Waals surface area contributed by atoms with Crippen molar-refractivity contribution in [1.29, 1.82) is 0 Å². The second-order valence-corrected chi connectivity index (χ2v) is 3.69. The summed E-state index contributed by atoms with van der Waals surface area (Å²) in [5.74, 6) is 0. The zero-order valence-electron chi connectivity index (χ0n) is 8.09. The molecule has 0 heterocycles. The average Bonchev–Trinajstić information content (AvgIpc) is 2.06. The molecule has 1 aliphatic rings. The van der Waals surface area contributed by atoms with E-state index >= 15 is 0 Å². The largest absolute Gasteiger partial charge is 0.0877 e. The summed E-state index contributed by atoms with van der Waals surface area (Å²) in [4.78, 5) is 0. The van der Waals surface area contributed by atoms with Gasteiger partial charge in [0.2, 0.25) is 0 Å². The molecule has 1 atom stereocenters. The molecule has 0 saturated carbocycles. The van der Waals surface area contributed by atoms with Crippen LogP contribution in [-0.4, -0.2) is 0 Å². The van der Waals surface area contributed by atoms with Crippen molar-refractivity contribution in [3.05, 3.63) is 36.5 Å². The minimum Gasteiger partial charge on any atom is -0.0877 e. The second-order valence-electron chi connectivity index (χ2n) is 3.69. The van der Waals surface area contributed by atoms with Gasteiger partial charge in [-0.05, 0) is 12.8 Å². The minimum atomic E-state index is 0.282. The van der Waals surface area contributed by atoms with Crippen molar-refractivity contribution >= 4 is 0 Å². The first kappa shape index (κ1) is 9.31. The van der Waals surface area contributed by atoms with Gasteiger partial charge in [0.15, 0.2) is 0 Å². The van der Waals surface area contributed by atoms with Crippen molar-refractivity contribution in [3.63, 3.8) is 0 Å². The Hall–Kier alpha value is -0.780. The summed E-state index contributed by atoms with van der Waals surface area (Å²) in [6, 6.07) is 0. The van der Waals surface area contributed by atoms with E-state index in [0.29, 0.717) is 0 Å². The third-order valence-corrected chi connectivity index (χ3v) is 2.24. The molecule has 1 rings (SSSR count). The van der Waals surface area contributed by atoms with E-state index in [1.54, 1.807) is 0 Å². The highest BCUT2D eigenvalue weighted by atomic mass is 14.2. The van der Waals surface area contributed by atoms with Gasteiger partial charge in [0.05, 0.1) is 0 Å². The zero-order valence-corrected chi connectivity index (χ0v) is 8.09. The number of unbranched alkanes of at least 4 members (excludes halogenated alkanes) is 1. The Labute approximate surface area is 75.7 Å². The predicted molar refractivity (Wildman–Crippen MR) is 55.1 cm³/mol. The van der Waals surface area contributed by atoms with E-state index < -0.39 is 0 Å². The van der Waals surface area contributed by atoms with Crippen LogP contribution < -0.4 is 0 Å². The first-order valence-electron chi connectivity index (χ1n) is 4.79. The Balaban J connectivity index is 2.49. The molecule has 66 valence electrons. The average molecular weight is 162 g/mol. The molecule has 0 aliphatic heterocycles. The van der Waals surface area contributed by atoms with Gasteiger partial charge in [-0.3, -0.25) is 0 Å². The lowest BCUT2D eigenvalue weighted by Gasteiger charge is -2.21. The molecule has 1 unspecified atom stereocenters. The fraction of sp³-hybridized carbons (Fsp3) is 0.500. The maximum absolute atomic E-state index is 2.33. The molecule has 0 spiro atoms. The van der Waals surface area contributed by atoms with Gasteiger partial charge in [-0.25, -0.2) is 0 Å². The van der Waals surface area contributed by atoms with E-state index in [4.69, 9.17) is 0 Å². The van der Waals surface area contributed by atoms with Crippen molar-refractivity contribution in [3.8, 4) is 0 Å². The molecule has 0 bridgehead atoms. The highest BCUT2D eigenvalue weighted by Gasteiger charge is 2.15. The van der Waals surface area contributed by atoms with Gasteiger partial charge in [-0.15, -0.1) is 0 Å². The molecule has 1 aliphatic carbocycles. The summed E-state index contributed by atoms with van der Waals surface area (Å²) in [5, 5.41) is 0. The smallest absolute Gasteiger partial charge is 0.00703 e. The minimum absolute atomic E-state index is 0.282. The lowest BCUT2D eigenvalue weighted by atomic mass is 9.83. The van der Waals surface area contributed by atoms with E-state index in [1.165, 1.54) is 12.8 Å². The van der Waals surface area contributed by atoms with Crippen LogP contribution in [0.4, 0.5) is 0 Å². The van der Waals surface area contributed by atoms with Gasteiger partial charge in [0.25, 0.3) is 0 Å². The van der Waals surface area contributed by atoms with Crippen LogP contribution in [0.5, 0.6) is 0 Å². The molecule has 0 nitrogen and oxygen atoms in total. The van der Waals surface area contributed by atoms with E-state index in [2.05, 4.69) is 50.3 Å². The maximum atomic E-state index is 2.33. The predicted octanol–water partition coefficient (Wildman–Crippen LogP) is 3.87. The molecule has 0 N–H and O–H groups in total. The van der Waals surface area contributed by atoms with E-state index in [0.717, 1.165) is 6.42 Å². The molecule has 0 radical (unpaired) electrons. The summed E-state index contributed by atoms with van der Waals surface area (Å²) in [6.07, 6.45) is 17.0. The van der Waals surface area contributed by atoms with Crippen molar-refractivity contribution in [2.45, 2.75) is 33.1 Å². The van der Waals surface area contributed by atoms with Gasteiger partial charge in [0.1, 0.15) is 0 Å². The Bertz CT molecular complexity index is 208. The molecule has 12 heavy (non-hydrogen) atoms. The lowest BCUT2D eigenvalue weighted by molar-refractivity contribution is 0.554. The summed E-state index contributed by atoms with van der Waals surface area (Å²) in [5.41, 5.74) is 0.282. The Morgan fingerprint density at radius 3 is 2.83 bits per heavy atom. The van der Waals surface area contributed by atoms with Gasteiger partial charge in [-0.1, -0.05) is 56.7 Å². The number of hydrogen-bond acceptors (Lipinski definition) is 0. The molecule has 0 amide bonds. The summed E-state index contributed by atoms with van der Waals surface area (Å²) in [6.45, 7) is 4.49. The van der Waals surface area contributed by atoms with Crippen LogP contribution in [-0.2, 0) is 0 Å². The third kappa shape index (κ3) is 2.69. The number of hydrogen-bond donors (Lipinski definition) is 0. The van der Waals surface area contributed by atoms with Crippen LogP contribution in [0, 0.1) is 5.41 Å². The third-order valence-electron chi connectivity index (χ3n) is 2.24. The van der Waals surface area contributed by atoms with Crippen molar-refractivity contribution in [2.24, 2.45) is 5.41 Å². The second kappa shape index (κ2) is 4.30. The molecular formula is C12H18. The molecular weight excluding hydrogens is 144 g/mol. The van der Waals surface area contributed by atoms with Crippen LogP contribution >= 0.6 is 0 Å². The first-order chi connectivity index (χ1) is 5.77. The number of allylic oxidation sites excluding steroid dienone is 6. The van der Waals surface area contributed by atoms with Crippen LogP contribution in [0.3, 0.4) is 0 Å². The highest BCUT2D eigenvalue weighted by Crippen LogP contribution is 2.28. The lowest BCUT2D eigenvalue weighted by Crippen LogP contribution is -2.09. The van der Waals surface area contributed by atoms with Crippen LogP contribution in [0.25, 0.3) is 0 Å². The monoisotopic (exact) mass is 162 g/mol. The Morgan fingerprint density at radius 2 is 2.25 bits per heavy atom. The van der Waals surface area contributed by atoms with Gasteiger partial charge >= 0.3 is 0 Å². The van der Waals surface area contributed by atoms with Gasteiger partial charge in [-0.2, -0.15) is 0 Å². The van der Waals surface area contributed by atoms with Gasteiger partial charge < -0.3 is 0 Å². The fourth-order valence-electron chi connectivity index (χ4n) is 1.39. The Kier molecular flexibility index (Phi) is 3.33. The van der Waals surface area contributed by atoms with Crippen LogP contribution in [0.2, 0.25) is 0 Å². The fourth-order valence-corrected chi connectivity index (χ4v) is 1.39. The molecule has 0 fully saturated rings. The quantitative estimate of drug-likeness (QED) is 0.553. The SMILES string of the molecule is CCCC=CC1(C)C=CC=CC1. The molecule has 0 aromatic rings. The van der Waals surface area contributed by atoms with E-state index in [1.807, 2.05) is 0 Å². The molecule has 0 saturated heterocycles. The van der Waals surface area contributed by atoms with Crippen LogP contribution in [0.1, 0.15) is 33.1 Å². The molecule has 0 heteroatoms. The summed E-state index contributed by atoms with van der Waals surface area (Å²) < 4.78 is 0. The van der Waals surface area contributed by atoms with Crippen molar-refractivity contribution in [2.75, 3.05) is 0 Å². The molecule has 0 aromatic heterocycles. The topological polar surface area (TPSA) is 0 Å². The Morgan fingerprint density at radius 1 is 1.42 bits per heavy atom. The number of rotatable bonds is 3. The maximum Gasteiger partial charge on any atom is 0.00703 e. The van der Waals surface area contributed by atoms with E-state index in [-0.39, 0.29) is 5.41 Å². The first-order valence-corrected chi connectivity index (χ1v) is 4.79. The van der Waals surface area contributed by atoms with Crippen molar-refractivity contribution in [1.82, 2.24) is 0 Å². The molecule has 0 aromatic carbocycles. The van der Waals surface area contributed by atoms with Gasteiger partial charge in [0, 0.05) is 5.41 Å². The highest BCUT2D eigenvalue weighted by molar-refractivity contribution is 5.21. The zero-order chi connectivity index (χ0) is 8.86. The normalized spacial score (nSPS) is 28.5. The standard InChI is InChI=1S/C12H18/c1-3-4-6-9-12(2)10-7-5-8-11-12/h5-10H,3-4,11H2,1-2H3. The van der Waals surface area contributed by atoms with E-state index in [9.17, 15) is 0 Å².